The average molecular weight is 234 g/mol. The van der Waals surface area contributed by atoms with E-state index in [0.717, 1.165) is 32.6 Å². The minimum absolute atomic E-state index is 0.156. The van der Waals surface area contributed by atoms with Crippen LogP contribution < -0.4 is 5.32 Å². The zero-order valence-corrected chi connectivity index (χ0v) is 10.7. The third-order valence-electron chi connectivity index (χ3n) is 2.64. The van der Waals surface area contributed by atoms with E-state index >= 15 is 0 Å². The summed E-state index contributed by atoms with van der Waals surface area (Å²) in [5.74, 6) is 0.303. The number of hydrogen-bond donors (Lipinski definition) is 1. The number of sulfone groups is 1. The molecule has 1 N–H and O–H groups in total. The minimum Gasteiger partial charge on any atom is -0.309 e. The Morgan fingerprint density at radius 2 is 2.07 bits per heavy atom. The van der Waals surface area contributed by atoms with Gasteiger partial charge < -0.3 is 10.2 Å². The molecule has 0 saturated carbocycles. The second-order valence-corrected chi connectivity index (χ2v) is 7.33. The number of rotatable bonds is 4. The quantitative estimate of drug-likeness (QED) is 0.750. The van der Waals surface area contributed by atoms with E-state index in [1.807, 2.05) is 0 Å². The molecule has 0 aromatic rings. The van der Waals surface area contributed by atoms with Gasteiger partial charge in [-0.1, -0.05) is 0 Å². The molecule has 1 heterocycles. The van der Waals surface area contributed by atoms with Gasteiger partial charge in [-0.05, 0) is 26.8 Å². The molecule has 90 valence electrons. The van der Waals surface area contributed by atoms with Crippen LogP contribution in [-0.4, -0.2) is 57.0 Å². The number of nitrogens with zero attached hydrogens (tertiary/aromatic N) is 1. The molecular formula is C10H22N2O2S. The van der Waals surface area contributed by atoms with Gasteiger partial charge in [0.05, 0.1) is 5.75 Å². The third-order valence-corrected chi connectivity index (χ3v) is 3.67. The zero-order valence-electron chi connectivity index (χ0n) is 9.91. The van der Waals surface area contributed by atoms with Gasteiger partial charge in [0.2, 0.25) is 0 Å². The molecule has 1 saturated heterocycles. The summed E-state index contributed by atoms with van der Waals surface area (Å²) in [5, 5.41) is 3.44. The smallest absolute Gasteiger partial charge is 0.147 e. The molecule has 1 aliphatic heterocycles. The van der Waals surface area contributed by atoms with Crippen molar-refractivity contribution in [2.45, 2.75) is 25.8 Å². The first-order valence-corrected chi connectivity index (χ1v) is 7.50. The molecule has 5 heteroatoms. The minimum atomic E-state index is -2.80. The van der Waals surface area contributed by atoms with Gasteiger partial charge in [0.15, 0.2) is 0 Å². The molecule has 0 spiro atoms. The van der Waals surface area contributed by atoms with Crippen molar-refractivity contribution in [3.63, 3.8) is 0 Å². The highest BCUT2D eigenvalue weighted by Gasteiger charge is 2.25. The maximum absolute atomic E-state index is 11.0. The first-order valence-electron chi connectivity index (χ1n) is 5.44. The molecule has 0 unspecified atom stereocenters. The lowest BCUT2D eigenvalue weighted by molar-refractivity contribution is 0.155. The Balaban J connectivity index is 2.28. The Morgan fingerprint density at radius 1 is 1.40 bits per heavy atom. The Bertz CT molecular complexity index is 299. The van der Waals surface area contributed by atoms with Crippen LogP contribution in [0.15, 0.2) is 0 Å². The van der Waals surface area contributed by atoms with E-state index in [1.165, 1.54) is 6.26 Å². The lowest BCUT2D eigenvalue weighted by atomic mass is 10.0. The van der Waals surface area contributed by atoms with Gasteiger partial charge in [-0.3, -0.25) is 0 Å². The molecule has 1 rings (SSSR count). The van der Waals surface area contributed by atoms with Crippen LogP contribution in [0.3, 0.4) is 0 Å². The summed E-state index contributed by atoms with van der Waals surface area (Å²) in [6, 6.07) is 0. The van der Waals surface area contributed by atoms with E-state index in [4.69, 9.17) is 0 Å². The van der Waals surface area contributed by atoms with Gasteiger partial charge >= 0.3 is 0 Å². The van der Waals surface area contributed by atoms with E-state index in [-0.39, 0.29) is 5.54 Å². The fraction of sp³-hybridized carbons (Fsp3) is 1.00. The van der Waals surface area contributed by atoms with Crippen LogP contribution in [0.1, 0.15) is 20.3 Å². The summed E-state index contributed by atoms with van der Waals surface area (Å²) in [5.41, 5.74) is 0.156. The fourth-order valence-corrected chi connectivity index (χ4v) is 2.64. The van der Waals surface area contributed by atoms with Crippen molar-refractivity contribution in [2.24, 2.45) is 0 Å². The summed E-state index contributed by atoms with van der Waals surface area (Å²) in [7, 11) is -2.80. The summed E-state index contributed by atoms with van der Waals surface area (Å²) in [6.07, 6.45) is 2.05. The van der Waals surface area contributed by atoms with E-state index in [1.54, 1.807) is 0 Å². The second kappa shape index (κ2) is 4.80. The molecule has 0 aliphatic carbocycles. The zero-order chi connectivity index (χ0) is 11.5. The van der Waals surface area contributed by atoms with Crippen molar-refractivity contribution in [3.05, 3.63) is 0 Å². The Hall–Kier alpha value is -0.130. The number of hydrogen-bond acceptors (Lipinski definition) is 4. The van der Waals surface area contributed by atoms with Gasteiger partial charge in [0.1, 0.15) is 9.84 Å². The van der Waals surface area contributed by atoms with E-state index in [2.05, 4.69) is 24.1 Å². The van der Waals surface area contributed by atoms with E-state index < -0.39 is 9.84 Å². The molecule has 0 aromatic carbocycles. The van der Waals surface area contributed by atoms with Crippen molar-refractivity contribution >= 4 is 9.84 Å². The Morgan fingerprint density at radius 3 is 2.60 bits per heavy atom. The molecule has 1 fully saturated rings. The first kappa shape index (κ1) is 12.9. The van der Waals surface area contributed by atoms with Gasteiger partial charge in [0, 0.05) is 31.4 Å². The van der Waals surface area contributed by atoms with E-state index in [9.17, 15) is 8.42 Å². The van der Waals surface area contributed by atoms with Crippen LogP contribution in [0.4, 0.5) is 0 Å². The average Bonchev–Trinajstić information content (AvgIpc) is 1.99. The van der Waals surface area contributed by atoms with Crippen molar-refractivity contribution in [2.75, 3.05) is 38.2 Å². The van der Waals surface area contributed by atoms with Gasteiger partial charge in [-0.25, -0.2) is 8.42 Å². The lowest BCUT2D eigenvalue weighted by Gasteiger charge is -2.39. The van der Waals surface area contributed by atoms with Crippen molar-refractivity contribution < 1.29 is 8.42 Å². The number of piperazine rings is 1. The molecular weight excluding hydrogens is 212 g/mol. The lowest BCUT2D eigenvalue weighted by Crippen LogP contribution is -2.57. The standard InChI is InChI=1S/C10H22N2O2S/c1-10(2)9-12(7-5-11-10)6-4-8-15(3,13)14/h11H,4-9H2,1-3H3. The predicted molar refractivity (Wildman–Crippen MR) is 62.8 cm³/mol. The molecule has 0 radical (unpaired) electrons. The highest BCUT2D eigenvalue weighted by atomic mass is 32.2. The second-order valence-electron chi connectivity index (χ2n) is 5.07. The van der Waals surface area contributed by atoms with E-state index in [0.29, 0.717) is 5.75 Å². The van der Waals surface area contributed by atoms with Crippen LogP contribution in [-0.2, 0) is 9.84 Å². The maximum atomic E-state index is 11.0. The van der Waals surface area contributed by atoms with Gasteiger partial charge in [-0.2, -0.15) is 0 Å². The summed E-state index contributed by atoms with van der Waals surface area (Å²) < 4.78 is 21.9. The van der Waals surface area contributed by atoms with Crippen LogP contribution in [0.5, 0.6) is 0 Å². The summed E-state index contributed by atoms with van der Waals surface area (Å²) >= 11 is 0. The molecule has 0 aromatic heterocycles. The topological polar surface area (TPSA) is 49.4 Å². The molecule has 0 atom stereocenters. The Kier molecular flexibility index (Phi) is 4.14. The predicted octanol–water partition coefficient (Wildman–Crippen LogP) is 0.105. The third kappa shape index (κ3) is 5.49. The summed E-state index contributed by atoms with van der Waals surface area (Å²) in [6.45, 7) is 8.25. The van der Waals surface area contributed by atoms with Crippen molar-refractivity contribution in [1.29, 1.82) is 0 Å². The summed E-state index contributed by atoms with van der Waals surface area (Å²) in [4.78, 5) is 2.34. The van der Waals surface area contributed by atoms with Gasteiger partial charge in [0.25, 0.3) is 0 Å². The van der Waals surface area contributed by atoms with Crippen LogP contribution >= 0.6 is 0 Å². The van der Waals surface area contributed by atoms with Crippen LogP contribution in [0.25, 0.3) is 0 Å². The monoisotopic (exact) mass is 234 g/mol. The number of nitrogens with one attached hydrogen (secondary N) is 1. The van der Waals surface area contributed by atoms with Crippen LogP contribution in [0.2, 0.25) is 0 Å². The van der Waals surface area contributed by atoms with Crippen molar-refractivity contribution in [1.82, 2.24) is 10.2 Å². The molecule has 15 heavy (non-hydrogen) atoms. The molecule has 4 nitrogen and oxygen atoms in total. The van der Waals surface area contributed by atoms with Crippen LogP contribution in [0, 0.1) is 0 Å². The molecule has 0 amide bonds. The molecule has 0 bridgehead atoms. The first-order chi connectivity index (χ1) is 6.79. The highest BCUT2D eigenvalue weighted by Crippen LogP contribution is 2.10. The fourth-order valence-electron chi connectivity index (χ4n) is 1.99. The normalized spacial score (nSPS) is 22.9. The molecule has 1 aliphatic rings. The highest BCUT2D eigenvalue weighted by molar-refractivity contribution is 7.90. The maximum Gasteiger partial charge on any atom is 0.147 e. The van der Waals surface area contributed by atoms with Crippen molar-refractivity contribution in [3.8, 4) is 0 Å². The Labute approximate surface area is 93.0 Å². The SMILES string of the molecule is CC1(C)CN(CCCS(C)(=O)=O)CCN1. The van der Waals surface area contributed by atoms with Gasteiger partial charge in [-0.15, -0.1) is 0 Å². The largest absolute Gasteiger partial charge is 0.309 e.